The molecule has 0 aliphatic rings. The molecule has 0 radical (unpaired) electrons. The normalized spacial score (nSPS) is 11.8. The first-order chi connectivity index (χ1) is 17.7. The van der Waals surface area contributed by atoms with Gasteiger partial charge in [0.1, 0.15) is 17.7 Å². The summed E-state index contributed by atoms with van der Waals surface area (Å²) in [5.74, 6) is -0.677. The third kappa shape index (κ3) is 5.36. The van der Waals surface area contributed by atoms with Crippen molar-refractivity contribution in [2.45, 2.75) is 32.3 Å². The SMILES string of the molecule is CC(OC(=O)Nc1c(C#N)cnn1-c1ccc(-c2ccc(C(C)(C)C(=O)O)cc2)cc1)c1ccccc1. The number of nitrogens with one attached hydrogen (secondary N) is 1. The molecule has 1 heterocycles. The fourth-order valence-electron chi connectivity index (χ4n) is 3.82. The fourth-order valence-corrected chi connectivity index (χ4v) is 3.82. The summed E-state index contributed by atoms with van der Waals surface area (Å²) in [6.07, 6.45) is 0.207. The smallest absolute Gasteiger partial charge is 0.413 e. The summed E-state index contributed by atoms with van der Waals surface area (Å²) in [6.45, 7) is 5.11. The fraction of sp³-hybridized carbons (Fsp3) is 0.172. The second kappa shape index (κ2) is 10.4. The van der Waals surface area contributed by atoms with Crippen molar-refractivity contribution in [1.82, 2.24) is 9.78 Å². The Hall–Kier alpha value is -4.90. The van der Waals surface area contributed by atoms with E-state index in [9.17, 15) is 20.0 Å². The first kappa shape index (κ1) is 25.2. The molecule has 3 aromatic carbocycles. The Kier molecular flexibility index (Phi) is 7.07. The molecular weight excluding hydrogens is 468 g/mol. The maximum Gasteiger partial charge on any atom is 0.413 e. The van der Waals surface area contributed by atoms with Crippen LogP contribution in [0.1, 0.15) is 43.6 Å². The Balaban J connectivity index is 1.53. The summed E-state index contributed by atoms with van der Waals surface area (Å²) in [7, 11) is 0. The Labute approximate surface area is 214 Å². The molecule has 0 spiro atoms. The molecule has 2 N–H and O–H groups in total. The number of aliphatic carboxylic acids is 1. The van der Waals surface area contributed by atoms with Crippen LogP contribution in [-0.4, -0.2) is 26.9 Å². The second-order valence-corrected chi connectivity index (χ2v) is 9.07. The van der Waals surface area contributed by atoms with Crippen LogP contribution in [0, 0.1) is 11.3 Å². The van der Waals surface area contributed by atoms with E-state index in [1.165, 1.54) is 10.9 Å². The molecule has 8 heteroatoms. The number of carboxylic acid groups (broad SMARTS) is 1. The minimum atomic E-state index is -0.982. The molecule has 1 atom stereocenters. The van der Waals surface area contributed by atoms with Crippen molar-refractivity contribution in [2.24, 2.45) is 0 Å². The first-order valence-electron chi connectivity index (χ1n) is 11.7. The zero-order chi connectivity index (χ0) is 26.6. The highest BCUT2D eigenvalue weighted by atomic mass is 16.6. The monoisotopic (exact) mass is 494 g/mol. The number of nitrogens with zero attached hydrogens (tertiary/aromatic N) is 3. The molecule has 0 saturated carbocycles. The minimum Gasteiger partial charge on any atom is -0.481 e. The van der Waals surface area contributed by atoms with Gasteiger partial charge in [0.05, 0.1) is 17.3 Å². The number of nitriles is 1. The summed E-state index contributed by atoms with van der Waals surface area (Å²) >= 11 is 0. The van der Waals surface area contributed by atoms with Gasteiger partial charge < -0.3 is 9.84 Å². The molecule has 1 unspecified atom stereocenters. The summed E-state index contributed by atoms with van der Waals surface area (Å²) in [5, 5.41) is 25.9. The van der Waals surface area contributed by atoms with Crippen LogP contribution in [0.25, 0.3) is 16.8 Å². The van der Waals surface area contributed by atoms with Gasteiger partial charge in [0.15, 0.2) is 5.82 Å². The summed E-state index contributed by atoms with van der Waals surface area (Å²) in [6, 6.07) is 26.2. The van der Waals surface area contributed by atoms with Gasteiger partial charge in [-0.3, -0.25) is 10.1 Å². The number of carboxylic acids is 1. The quantitative estimate of drug-likeness (QED) is 0.321. The molecular formula is C29H26N4O4. The number of aromatic nitrogens is 2. The van der Waals surface area contributed by atoms with E-state index in [4.69, 9.17) is 4.74 Å². The topological polar surface area (TPSA) is 117 Å². The molecule has 8 nitrogen and oxygen atoms in total. The van der Waals surface area contributed by atoms with Gasteiger partial charge in [-0.15, -0.1) is 0 Å². The van der Waals surface area contributed by atoms with E-state index in [-0.39, 0.29) is 11.4 Å². The lowest BCUT2D eigenvalue weighted by Crippen LogP contribution is -2.28. The van der Waals surface area contributed by atoms with E-state index in [2.05, 4.69) is 10.4 Å². The maximum atomic E-state index is 12.6. The largest absolute Gasteiger partial charge is 0.481 e. The number of rotatable bonds is 7. The number of carbonyl (C=O) groups excluding carboxylic acids is 1. The number of hydrogen-bond acceptors (Lipinski definition) is 5. The molecule has 0 bridgehead atoms. The van der Waals surface area contributed by atoms with Gasteiger partial charge in [-0.25, -0.2) is 9.48 Å². The van der Waals surface area contributed by atoms with Gasteiger partial charge in [-0.05, 0) is 55.2 Å². The molecule has 4 aromatic rings. The molecule has 186 valence electrons. The molecule has 0 aliphatic heterocycles. The predicted molar refractivity (Wildman–Crippen MR) is 139 cm³/mol. The lowest BCUT2D eigenvalue weighted by Gasteiger charge is -2.20. The molecule has 1 aromatic heterocycles. The van der Waals surface area contributed by atoms with Crippen LogP contribution >= 0.6 is 0 Å². The highest BCUT2D eigenvalue weighted by Crippen LogP contribution is 2.28. The van der Waals surface area contributed by atoms with Gasteiger partial charge in [-0.2, -0.15) is 10.4 Å². The van der Waals surface area contributed by atoms with Gasteiger partial charge in [0.25, 0.3) is 0 Å². The number of ether oxygens (including phenoxy) is 1. The highest BCUT2D eigenvalue weighted by molar-refractivity contribution is 5.86. The van der Waals surface area contributed by atoms with E-state index in [1.807, 2.05) is 84.9 Å². The number of benzene rings is 3. The van der Waals surface area contributed by atoms with Crippen LogP contribution in [0.15, 0.2) is 85.1 Å². The van der Waals surface area contributed by atoms with Crippen molar-refractivity contribution < 1.29 is 19.4 Å². The third-order valence-corrected chi connectivity index (χ3v) is 6.25. The average molecular weight is 495 g/mol. The van der Waals surface area contributed by atoms with Crippen LogP contribution in [0.4, 0.5) is 10.6 Å². The van der Waals surface area contributed by atoms with Gasteiger partial charge >= 0.3 is 12.1 Å². The molecule has 4 rings (SSSR count). The van der Waals surface area contributed by atoms with Crippen molar-refractivity contribution in [1.29, 1.82) is 5.26 Å². The Morgan fingerprint density at radius 1 is 1.00 bits per heavy atom. The van der Waals surface area contributed by atoms with Crippen LogP contribution in [-0.2, 0) is 14.9 Å². The predicted octanol–water partition coefficient (Wildman–Crippen LogP) is 6.08. The summed E-state index contributed by atoms with van der Waals surface area (Å²) in [4.78, 5) is 24.1. The third-order valence-electron chi connectivity index (χ3n) is 6.25. The number of carbonyl (C=O) groups is 2. The lowest BCUT2D eigenvalue weighted by atomic mass is 9.84. The van der Waals surface area contributed by atoms with E-state index in [0.717, 1.165) is 16.7 Å². The molecule has 1 amide bonds. The lowest BCUT2D eigenvalue weighted by molar-refractivity contribution is -0.142. The molecule has 37 heavy (non-hydrogen) atoms. The molecule has 0 fully saturated rings. The second-order valence-electron chi connectivity index (χ2n) is 9.07. The Bertz CT molecular complexity index is 1450. The average Bonchev–Trinajstić information content (AvgIpc) is 3.31. The summed E-state index contributed by atoms with van der Waals surface area (Å²) in [5.41, 5.74) is 3.26. The molecule has 0 aliphatic carbocycles. The van der Waals surface area contributed by atoms with Crippen LogP contribution in [0.3, 0.4) is 0 Å². The number of amides is 1. The Morgan fingerprint density at radius 2 is 1.59 bits per heavy atom. The van der Waals surface area contributed by atoms with Crippen LogP contribution < -0.4 is 5.32 Å². The van der Waals surface area contributed by atoms with Crippen molar-refractivity contribution >= 4 is 17.9 Å². The van der Waals surface area contributed by atoms with Gasteiger partial charge in [-0.1, -0.05) is 66.7 Å². The van der Waals surface area contributed by atoms with Gasteiger partial charge in [0, 0.05) is 0 Å². The van der Waals surface area contributed by atoms with E-state index < -0.39 is 23.6 Å². The van der Waals surface area contributed by atoms with Crippen LogP contribution in [0.5, 0.6) is 0 Å². The van der Waals surface area contributed by atoms with Crippen molar-refractivity contribution in [3.8, 4) is 22.9 Å². The molecule has 0 saturated heterocycles. The number of anilines is 1. The van der Waals surface area contributed by atoms with Crippen molar-refractivity contribution in [2.75, 3.05) is 5.32 Å². The highest BCUT2D eigenvalue weighted by Gasteiger charge is 2.29. The maximum absolute atomic E-state index is 12.6. The Morgan fingerprint density at radius 3 is 2.16 bits per heavy atom. The van der Waals surface area contributed by atoms with E-state index >= 15 is 0 Å². The van der Waals surface area contributed by atoms with E-state index in [0.29, 0.717) is 11.3 Å². The van der Waals surface area contributed by atoms with E-state index in [1.54, 1.807) is 20.8 Å². The van der Waals surface area contributed by atoms with Crippen molar-refractivity contribution in [3.63, 3.8) is 0 Å². The first-order valence-corrected chi connectivity index (χ1v) is 11.7. The minimum absolute atomic E-state index is 0.199. The summed E-state index contributed by atoms with van der Waals surface area (Å²) < 4.78 is 6.96. The number of hydrogen-bond donors (Lipinski definition) is 2. The zero-order valence-electron chi connectivity index (χ0n) is 20.7. The van der Waals surface area contributed by atoms with Crippen molar-refractivity contribution in [3.05, 3.63) is 102 Å². The zero-order valence-corrected chi connectivity index (χ0v) is 20.7. The van der Waals surface area contributed by atoms with Crippen LogP contribution in [0.2, 0.25) is 0 Å². The van der Waals surface area contributed by atoms with Gasteiger partial charge in [0.2, 0.25) is 0 Å². The standard InChI is InChI=1S/C29H26N4O4/c1-19(20-7-5-4-6-8-20)37-28(36)32-26-23(17-30)18-31-33(26)25-15-11-22(12-16-25)21-9-13-24(14-10-21)29(2,3)27(34)35/h4-16,18-19H,1-3H3,(H,32,36)(H,34,35).